The molecule has 0 aliphatic heterocycles. The number of benzene rings is 1. The highest BCUT2D eigenvalue weighted by Crippen LogP contribution is 2.36. The van der Waals surface area contributed by atoms with E-state index in [-0.39, 0.29) is 5.82 Å². The number of nitrogens with one attached hydrogen (secondary N) is 1. The fourth-order valence-corrected chi connectivity index (χ4v) is 2.67. The van der Waals surface area contributed by atoms with Gasteiger partial charge in [-0.1, -0.05) is 12.1 Å². The molecule has 0 radical (unpaired) electrons. The zero-order valence-corrected chi connectivity index (χ0v) is 12.8. The summed E-state index contributed by atoms with van der Waals surface area (Å²) in [5, 5.41) is 3.58. The number of methoxy groups -OCH3 is 1. The minimum absolute atomic E-state index is 0.152. The lowest BCUT2D eigenvalue weighted by Crippen LogP contribution is -2.40. The maximum Gasteiger partial charge on any atom is 0.123 e. The zero-order valence-electron chi connectivity index (χ0n) is 12.8. The van der Waals surface area contributed by atoms with Crippen molar-refractivity contribution >= 4 is 0 Å². The van der Waals surface area contributed by atoms with Crippen molar-refractivity contribution in [3.05, 3.63) is 35.6 Å². The van der Waals surface area contributed by atoms with Crippen molar-refractivity contribution < 1.29 is 13.9 Å². The molecule has 0 spiro atoms. The Bertz CT molecular complexity index is 390. The Hall–Kier alpha value is -0.970. The second-order valence-corrected chi connectivity index (χ2v) is 5.68. The second kappa shape index (κ2) is 9.13. The molecule has 0 atom stereocenters. The lowest BCUT2D eigenvalue weighted by atomic mass is 9.76. The van der Waals surface area contributed by atoms with E-state index in [2.05, 4.69) is 5.32 Å². The number of ether oxygens (including phenoxy) is 2. The van der Waals surface area contributed by atoms with Crippen molar-refractivity contribution in [1.29, 1.82) is 0 Å². The summed E-state index contributed by atoms with van der Waals surface area (Å²) in [5.74, 6) is 0.445. The van der Waals surface area contributed by atoms with E-state index in [1.165, 1.54) is 5.56 Å². The standard InChI is InChI=1S/C17H26FNO2/c1-20-10-11-21-9-3-2-8-19-17-12-15(13-17)14-4-6-16(18)7-5-14/h4-7,15,17,19H,2-3,8-13H2,1H3. The molecule has 4 heteroatoms. The predicted octanol–water partition coefficient (Wildman–Crippen LogP) is 3.10. The largest absolute Gasteiger partial charge is 0.382 e. The Labute approximate surface area is 126 Å². The first kappa shape index (κ1) is 16.4. The third-order valence-electron chi connectivity index (χ3n) is 4.06. The highest BCUT2D eigenvalue weighted by atomic mass is 19.1. The minimum Gasteiger partial charge on any atom is -0.382 e. The number of hydrogen-bond donors (Lipinski definition) is 1. The highest BCUT2D eigenvalue weighted by molar-refractivity contribution is 5.23. The van der Waals surface area contributed by atoms with Gasteiger partial charge in [0.15, 0.2) is 0 Å². The molecule has 1 aromatic rings. The number of rotatable bonds is 10. The third-order valence-corrected chi connectivity index (χ3v) is 4.06. The summed E-state index contributed by atoms with van der Waals surface area (Å²) in [7, 11) is 1.69. The zero-order chi connectivity index (χ0) is 14.9. The minimum atomic E-state index is -0.152. The first-order valence-corrected chi connectivity index (χ1v) is 7.85. The molecule has 1 fully saturated rings. The van der Waals surface area contributed by atoms with Crippen LogP contribution < -0.4 is 5.32 Å². The second-order valence-electron chi connectivity index (χ2n) is 5.68. The van der Waals surface area contributed by atoms with Gasteiger partial charge in [-0.25, -0.2) is 4.39 Å². The first-order valence-electron chi connectivity index (χ1n) is 7.85. The van der Waals surface area contributed by atoms with Gasteiger partial charge in [0.1, 0.15) is 5.82 Å². The van der Waals surface area contributed by atoms with Crippen molar-refractivity contribution in [3.63, 3.8) is 0 Å². The van der Waals surface area contributed by atoms with Crippen LogP contribution in [-0.2, 0) is 9.47 Å². The Morgan fingerprint density at radius 1 is 1.10 bits per heavy atom. The molecular weight excluding hydrogens is 269 g/mol. The fraction of sp³-hybridized carbons (Fsp3) is 0.647. The van der Waals surface area contributed by atoms with Gasteiger partial charge in [-0.15, -0.1) is 0 Å². The lowest BCUT2D eigenvalue weighted by molar-refractivity contribution is 0.0686. The van der Waals surface area contributed by atoms with Crippen molar-refractivity contribution in [1.82, 2.24) is 5.32 Å². The van der Waals surface area contributed by atoms with Crippen LogP contribution in [0.4, 0.5) is 4.39 Å². The van der Waals surface area contributed by atoms with Crippen LogP contribution >= 0.6 is 0 Å². The summed E-state index contributed by atoms with van der Waals surface area (Å²) in [4.78, 5) is 0. The number of hydrogen-bond acceptors (Lipinski definition) is 3. The molecule has 0 bridgehead atoms. The monoisotopic (exact) mass is 295 g/mol. The van der Waals surface area contributed by atoms with Gasteiger partial charge in [0.05, 0.1) is 13.2 Å². The van der Waals surface area contributed by atoms with E-state index < -0.39 is 0 Å². The number of halogens is 1. The van der Waals surface area contributed by atoms with Crippen LogP contribution in [0.25, 0.3) is 0 Å². The molecule has 118 valence electrons. The average Bonchev–Trinajstić information content (AvgIpc) is 2.45. The summed E-state index contributed by atoms with van der Waals surface area (Å²) in [6, 6.07) is 7.55. The molecule has 3 nitrogen and oxygen atoms in total. The van der Waals surface area contributed by atoms with Gasteiger partial charge in [-0.05, 0) is 55.8 Å². The summed E-state index contributed by atoms with van der Waals surface area (Å²) >= 11 is 0. The van der Waals surface area contributed by atoms with E-state index in [4.69, 9.17) is 9.47 Å². The van der Waals surface area contributed by atoms with Crippen molar-refractivity contribution in [2.45, 2.75) is 37.6 Å². The average molecular weight is 295 g/mol. The SMILES string of the molecule is COCCOCCCCNC1CC(c2ccc(F)cc2)C1. The molecule has 1 saturated carbocycles. The van der Waals surface area contributed by atoms with E-state index >= 15 is 0 Å². The molecule has 0 amide bonds. The Kier molecular flexibility index (Phi) is 7.13. The van der Waals surface area contributed by atoms with Crippen molar-refractivity contribution in [2.75, 3.05) is 33.5 Å². The molecule has 1 aliphatic rings. The van der Waals surface area contributed by atoms with E-state index in [0.717, 1.165) is 38.8 Å². The first-order chi connectivity index (χ1) is 10.3. The topological polar surface area (TPSA) is 30.5 Å². The third kappa shape index (κ3) is 5.73. The molecule has 1 aromatic carbocycles. The van der Waals surface area contributed by atoms with Crippen LogP contribution in [0.2, 0.25) is 0 Å². The maximum atomic E-state index is 12.9. The smallest absolute Gasteiger partial charge is 0.123 e. The molecule has 1 aliphatic carbocycles. The van der Waals surface area contributed by atoms with Crippen molar-refractivity contribution in [3.8, 4) is 0 Å². The van der Waals surface area contributed by atoms with E-state index in [1.807, 2.05) is 12.1 Å². The molecule has 21 heavy (non-hydrogen) atoms. The van der Waals surface area contributed by atoms with Gasteiger partial charge >= 0.3 is 0 Å². The fourth-order valence-electron chi connectivity index (χ4n) is 2.67. The predicted molar refractivity (Wildman–Crippen MR) is 82.1 cm³/mol. The Morgan fingerprint density at radius 3 is 2.57 bits per heavy atom. The molecule has 0 unspecified atom stereocenters. The Morgan fingerprint density at radius 2 is 1.86 bits per heavy atom. The van der Waals surface area contributed by atoms with Crippen LogP contribution in [-0.4, -0.2) is 39.5 Å². The molecular formula is C17H26FNO2. The summed E-state index contributed by atoms with van der Waals surface area (Å²) < 4.78 is 23.2. The normalized spacial score (nSPS) is 21.2. The van der Waals surface area contributed by atoms with Crippen LogP contribution in [0.3, 0.4) is 0 Å². The molecule has 0 aromatic heterocycles. The molecule has 1 N–H and O–H groups in total. The molecule has 0 heterocycles. The number of unbranched alkanes of at least 4 members (excludes halogenated alkanes) is 1. The van der Waals surface area contributed by atoms with Crippen LogP contribution in [0, 0.1) is 5.82 Å². The Balaban J connectivity index is 1.46. The van der Waals surface area contributed by atoms with Gasteiger partial charge in [0.2, 0.25) is 0 Å². The lowest BCUT2D eigenvalue weighted by Gasteiger charge is -2.36. The van der Waals surface area contributed by atoms with Gasteiger partial charge in [0.25, 0.3) is 0 Å². The highest BCUT2D eigenvalue weighted by Gasteiger charge is 2.29. The quantitative estimate of drug-likeness (QED) is 0.673. The van der Waals surface area contributed by atoms with Crippen LogP contribution in [0.5, 0.6) is 0 Å². The van der Waals surface area contributed by atoms with Crippen molar-refractivity contribution in [2.24, 2.45) is 0 Å². The molecule has 0 saturated heterocycles. The van der Waals surface area contributed by atoms with Gasteiger partial charge in [-0.2, -0.15) is 0 Å². The summed E-state index contributed by atoms with van der Waals surface area (Å²) in [6.07, 6.45) is 4.56. The van der Waals surface area contributed by atoms with E-state index in [1.54, 1.807) is 19.2 Å². The van der Waals surface area contributed by atoms with Crippen LogP contribution in [0.15, 0.2) is 24.3 Å². The van der Waals surface area contributed by atoms with Gasteiger partial charge < -0.3 is 14.8 Å². The molecule has 2 rings (SSSR count). The summed E-state index contributed by atoms with van der Waals surface area (Å²) in [5.41, 5.74) is 1.26. The van der Waals surface area contributed by atoms with Crippen LogP contribution in [0.1, 0.15) is 37.2 Å². The van der Waals surface area contributed by atoms with Gasteiger partial charge in [0, 0.05) is 19.8 Å². The van der Waals surface area contributed by atoms with Gasteiger partial charge in [-0.3, -0.25) is 0 Å². The van der Waals surface area contributed by atoms with E-state index in [0.29, 0.717) is 25.2 Å². The maximum absolute atomic E-state index is 12.9. The summed E-state index contributed by atoms with van der Waals surface area (Å²) in [6.45, 7) is 3.22. The van der Waals surface area contributed by atoms with E-state index in [9.17, 15) is 4.39 Å².